The maximum absolute atomic E-state index is 12.1. The van der Waals surface area contributed by atoms with Crippen LogP contribution >= 0.6 is 0 Å². The molecule has 1 atom stereocenters. The van der Waals surface area contributed by atoms with E-state index in [1.54, 1.807) is 6.20 Å². The quantitative estimate of drug-likeness (QED) is 0.631. The highest BCUT2D eigenvalue weighted by atomic mass is 16.2. The fraction of sp³-hybridized carbons (Fsp3) is 0.368. The van der Waals surface area contributed by atoms with Crippen molar-refractivity contribution < 1.29 is 4.79 Å². The van der Waals surface area contributed by atoms with Crippen molar-refractivity contribution in [2.75, 3.05) is 42.9 Å². The molecular weight excluding hydrogens is 356 g/mol. The number of nitrogens with one attached hydrogen (secondary N) is 3. The third-order valence-electron chi connectivity index (χ3n) is 5.28. The predicted molar refractivity (Wildman–Crippen MR) is 107 cm³/mol. The predicted octanol–water partition coefficient (Wildman–Crippen LogP) is 1.28. The molecule has 0 aromatic carbocycles. The zero-order chi connectivity index (χ0) is 19.1. The lowest BCUT2D eigenvalue weighted by atomic mass is 10.2. The Balaban J connectivity index is 1.41. The molecule has 3 aromatic heterocycles. The summed E-state index contributed by atoms with van der Waals surface area (Å²) >= 11 is 0. The first-order chi connectivity index (χ1) is 13.7. The summed E-state index contributed by atoms with van der Waals surface area (Å²) in [5.41, 5.74) is 2.50. The number of hydrogen-bond donors (Lipinski definition) is 3. The number of carbonyl (C=O) groups excluding carboxylic acids is 1. The van der Waals surface area contributed by atoms with Crippen LogP contribution in [0.3, 0.4) is 0 Å². The molecule has 1 amide bonds. The highest BCUT2D eigenvalue weighted by Crippen LogP contribution is 2.26. The van der Waals surface area contributed by atoms with Gasteiger partial charge in [0.25, 0.3) is 5.91 Å². The number of pyridine rings is 1. The molecule has 0 spiro atoms. The largest absolute Gasteiger partial charge is 0.368 e. The Morgan fingerprint density at radius 2 is 2.04 bits per heavy atom. The lowest BCUT2D eigenvalue weighted by molar-refractivity contribution is 0.0919. The van der Waals surface area contributed by atoms with Gasteiger partial charge in [0.15, 0.2) is 0 Å². The van der Waals surface area contributed by atoms with E-state index < -0.39 is 0 Å². The Labute approximate surface area is 162 Å². The molecule has 0 radical (unpaired) electrons. The standard InChI is InChI=1S/C19H22N8O/c1-12-9-22-18(28)15-8-13-10-23-19(25-17(13)27(12)15)24-16-3-2-14(11-21-16)26-6-4-20-5-7-26/h2-3,8,10-12,20H,4-7,9H2,1H3,(H,22,28)(H,21,23,24,25)/t12-/m0/s1. The smallest absolute Gasteiger partial charge is 0.268 e. The van der Waals surface area contributed by atoms with Crippen molar-refractivity contribution in [3.63, 3.8) is 0 Å². The van der Waals surface area contributed by atoms with Crippen molar-refractivity contribution in [2.24, 2.45) is 0 Å². The van der Waals surface area contributed by atoms with Gasteiger partial charge in [-0.3, -0.25) is 4.79 Å². The summed E-state index contributed by atoms with van der Waals surface area (Å²) in [5, 5.41) is 10.3. The van der Waals surface area contributed by atoms with E-state index in [2.05, 4.69) is 48.8 Å². The van der Waals surface area contributed by atoms with Gasteiger partial charge in [-0.1, -0.05) is 0 Å². The number of hydrogen-bond acceptors (Lipinski definition) is 7. The third-order valence-corrected chi connectivity index (χ3v) is 5.28. The van der Waals surface area contributed by atoms with E-state index in [9.17, 15) is 4.79 Å². The average molecular weight is 378 g/mol. The molecule has 3 N–H and O–H groups in total. The van der Waals surface area contributed by atoms with Crippen LogP contribution in [0.2, 0.25) is 0 Å². The van der Waals surface area contributed by atoms with E-state index in [0.717, 1.165) is 42.9 Å². The average Bonchev–Trinajstić information content (AvgIpc) is 3.12. The van der Waals surface area contributed by atoms with Gasteiger partial charge in [-0.05, 0) is 25.1 Å². The lowest BCUT2D eigenvalue weighted by Gasteiger charge is -2.29. The molecule has 0 bridgehead atoms. The molecule has 5 heterocycles. The summed E-state index contributed by atoms with van der Waals surface area (Å²) in [4.78, 5) is 28.0. The minimum absolute atomic E-state index is 0.0734. The maximum Gasteiger partial charge on any atom is 0.268 e. The summed E-state index contributed by atoms with van der Waals surface area (Å²) in [6, 6.07) is 5.98. The fourth-order valence-electron chi connectivity index (χ4n) is 3.80. The second kappa shape index (κ2) is 6.75. The van der Waals surface area contributed by atoms with Crippen molar-refractivity contribution in [3.05, 3.63) is 36.3 Å². The van der Waals surface area contributed by atoms with E-state index in [-0.39, 0.29) is 11.9 Å². The van der Waals surface area contributed by atoms with Crippen LogP contribution in [0.1, 0.15) is 23.5 Å². The van der Waals surface area contributed by atoms with Crippen LogP contribution in [0.15, 0.2) is 30.6 Å². The van der Waals surface area contributed by atoms with E-state index in [1.165, 1.54) is 0 Å². The number of aromatic nitrogens is 4. The van der Waals surface area contributed by atoms with Gasteiger partial charge in [0.05, 0.1) is 17.9 Å². The maximum atomic E-state index is 12.1. The molecule has 0 unspecified atom stereocenters. The van der Waals surface area contributed by atoms with Gasteiger partial charge in [-0.2, -0.15) is 4.98 Å². The molecule has 144 valence electrons. The van der Waals surface area contributed by atoms with Crippen LogP contribution in [-0.4, -0.2) is 58.1 Å². The Morgan fingerprint density at radius 3 is 2.82 bits per heavy atom. The van der Waals surface area contributed by atoms with E-state index in [4.69, 9.17) is 0 Å². The molecule has 2 aliphatic rings. The minimum Gasteiger partial charge on any atom is -0.368 e. The molecule has 0 aliphatic carbocycles. The zero-order valence-corrected chi connectivity index (χ0v) is 15.6. The SMILES string of the molecule is C[C@H]1CNC(=O)c2cc3cnc(Nc4ccc(N5CCNCC5)cn4)nc3n21. The second-order valence-corrected chi connectivity index (χ2v) is 7.19. The topological polar surface area (TPSA) is 100 Å². The van der Waals surface area contributed by atoms with Crippen molar-refractivity contribution in [1.29, 1.82) is 0 Å². The van der Waals surface area contributed by atoms with Crippen molar-refractivity contribution in [3.8, 4) is 0 Å². The van der Waals surface area contributed by atoms with Gasteiger partial charge in [-0.15, -0.1) is 0 Å². The van der Waals surface area contributed by atoms with Gasteiger partial charge in [0, 0.05) is 44.3 Å². The highest BCUT2D eigenvalue weighted by Gasteiger charge is 2.25. The van der Waals surface area contributed by atoms with Crippen molar-refractivity contribution in [2.45, 2.75) is 13.0 Å². The molecule has 1 fully saturated rings. The monoisotopic (exact) mass is 378 g/mol. The van der Waals surface area contributed by atoms with Crippen LogP contribution in [-0.2, 0) is 0 Å². The number of anilines is 3. The Kier molecular flexibility index (Phi) is 4.09. The minimum atomic E-state index is -0.0734. The van der Waals surface area contributed by atoms with Crippen LogP contribution < -0.4 is 20.9 Å². The second-order valence-electron chi connectivity index (χ2n) is 7.19. The summed E-state index contributed by atoms with van der Waals surface area (Å²) in [6.07, 6.45) is 3.61. The van der Waals surface area contributed by atoms with Crippen molar-refractivity contribution >= 4 is 34.4 Å². The lowest BCUT2D eigenvalue weighted by Crippen LogP contribution is -2.43. The van der Waals surface area contributed by atoms with Crippen LogP contribution in [0, 0.1) is 0 Å². The molecule has 2 aliphatic heterocycles. The third kappa shape index (κ3) is 2.93. The van der Waals surface area contributed by atoms with Crippen LogP contribution in [0.25, 0.3) is 11.0 Å². The fourth-order valence-corrected chi connectivity index (χ4v) is 3.80. The summed E-state index contributed by atoms with van der Waals surface area (Å²) in [6.45, 7) is 6.61. The first-order valence-electron chi connectivity index (χ1n) is 9.54. The number of nitrogens with zero attached hydrogens (tertiary/aromatic N) is 5. The number of amides is 1. The first-order valence-corrected chi connectivity index (χ1v) is 9.54. The molecule has 1 saturated heterocycles. The first kappa shape index (κ1) is 16.9. The molecular formula is C19H22N8O. The van der Waals surface area contributed by atoms with E-state index in [0.29, 0.717) is 24.0 Å². The zero-order valence-electron chi connectivity index (χ0n) is 15.6. The molecule has 28 heavy (non-hydrogen) atoms. The van der Waals surface area contributed by atoms with Gasteiger partial charge in [-0.25, -0.2) is 9.97 Å². The summed E-state index contributed by atoms with van der Waals surface area (Å²) in [5.74, 6) is 1.08. The molecule has 9 nitrogen and oxygen atoms in total. The Bertz CT molecular complexity index is 1020. The molecule has 0 saturated carbocycles. The van der Waals surface area contributed by atoms with Crippen LogP contribution in [0.5, 0.6) is 0 Å². The highest BCUT2D eigenvalue weighted by molar-refractivity contribution is 5.98. The molecule has 3 aromatic rings. The van der Waals surface area contributed by atoms with E-state index in [1.807, 2.05) is 22.9 Å². The number of piperazine rings is 1. The normalized spacial score (nSPS) is 19.4. The van der Waals surface area contributed by atoms with Gasteiger partial charge >= 0.3 is 0 Å². The van der Waals surface area contributed by atoms with Gasteiger partial charge < -0.3 is 25.4 Å². The van der Waals surface area contributed by atoms with Gasteiger partial charge in [0.1, 0.15) is 17.2 Å². The number of rotatable bonds is 3. The summed E-state index contributed by atoms with van der Waals surface area (Å²) < 4.78 is 1.97. The van der Waals surface area contributed by atoms with Crippen molar-refractivity contribution in [1.82, 2.24) is 30.2 Å². The summed E-state index contributed by atoms with van der Waals surface area (Å²) in [7, 11) is 0. The van der Waals surface area contributed by atoms with Gasteiger partial charge in [0.2, 0.25) is 5.95 Å². The van der Waals surface area contributed by atoms with E-state index >= 15 is 0 Å². The number of fused-ring (bicyclic) bond motifs is 3. The molecule has 5 rings (SSSR count). The number of carbonyl (C=O) groups is 1. The molecule has 9 heteroatoms. The Morgan fingerprint density at radius 1 is 1.18 bits per heavy atom. The Hall–Kier alpha value is -3.20. The van der Waals surface area contributed by atoms with Crippen LogP contribution in [0.4, 0.5) is 17.5 Å².